The molecule has 2 heteroatoms. The van der Waals surface area contributed by atoms with Gasteiger partial charge in [0.25, 0.3) is 0 Å². The van der Waals surface area contributed by atoms with Crippen LogP contribution in [0.3, 0.4) is 0 Å². The summed E-state index contributed by atoms with van der Waals surface area (Å²) >= 11 is 0. The highest BCUT2D eigenvalue weighted by Crippen LogP contribution is 2.68. The van der Waals surface area contributed by atoms with Gasteiger partial charge in [0.1, 0.15) is 5.78 Å². The van der Waals surface area contributed by atoms with Crippen LogP contribution >= 0.6 is 0 Å². The summed E-state index contributed by atoms with van der Waals surface area (Å²) in [6, 6.07) is 0. The Morgan fingerprint density at radius 3 is 2.64 bits per heavy atom. The van der Waals surface area contributed by atoms with Crippen molar-refractivity contribution in [1.82, 2.24) is 0 Å². The van der Waals surface area contributed by atoms with Crippen molar-refractivity contribution in [2.75, 3.05) is 0 Å². The summed E-state index contributed by atoms with van der Waals surface area (Å²) < 4.78 is 0. The fraction of sp³-hybridized carbons (Fsp3) is 0.783. The molecule has 4 aliphatic carbocycles. The fourth-order valence-corrected chi connectivity index (χ4v) is 7.30. The molecule has 5 unspecified atom stereocenters. The maximum absolute atomic E-state index is 12.2. The van der Waals surface area contributed by atoms with E-state index in [0.717, 1.165) is 44.9 Å². The van der Waals surface area contributed by atoms with Crippen molar-refractivity contribution >= 4 is 5.78 Å². The smallest absolute Gasteiger partial charge is 0.133 e. The van der Waals surface area contributed by atoms with E-state index >= 15 is 0 Å². The lowest BCUT2D eigenvalue weighted by Gasteiger charge is -2.65. The molecule has 0 aliphatic heterocycles. The number of nitrogens with two attached hydrogens (primary N) is 1. The molecule has 2 nitrogen and oxygen atoms in total. The largest absolute Gasteiger partial charge is 0.321 e. The summed E-state index contributed by atoms with van der Waals surface area (Å²) in [5, 5.41) is 0. The molecule has 0 spiro atoms. The molecule has 0 heterocycles. The van der Waals surface area contributed by atoms with Crippen molar-refractivity contribution in [2.45, 2.75) is 91.0 Å². The molecule has 0 radical (unpaired) electrons. The van der Waals surface area contributed by atoms with Crippen molar-refractivity contribution in [3.05, 3.63) is 23.3 Å². The highest BCUT2D eigenvalue weighted by Gasteiger charge is 2.63. The number of allylic oxidation sites excluding steroid dienone is 3. The zero-order valence-corrected chi connectivity index (χ0v) is 16.6. The number of rotatable bonds is 1. The van der Waals surface area contributed by atoms with Crippen molar-refractivity contribution in [3.8, 4) is 0 Å². The van der Waals surface area contributed by atoms with Gasteiger partial charge in [-0.3, -0.25) is 4.79 Å². The van der Waals surface area contributed by atoms with Gasteiger partial charge < -0.3 is 5.73 Å². The third-order valence-electron chi connectivity index (χ3n) is 9.09. The van der Waals surface area contributed by atoms with Crippen LogP contribution in [0.25, 0.3) is 0 Å². The molecule has 0 aromatic rings. The van der Waals surface area contributed by atoms with Crippen LogP contribution in [0, 0.1) is 22.2 Å². The van der Waals surface area contributed by atoms with Gasteiger partial charge in [0.15, 0.2) is 0 Å². The molecule has 2 N–H and O–H groups in total. The SMILES string of the molecule is CCC1=CCCC2C1(C)CC=C1C2(N)CCC2(C)CC(=O)CCC12C. The van der Waals surface area contributed by atoms with Crippen LogP contribution in [0.15, 0.2) is 23.3 Å². The van der Waals surface area contributed by atoms with Crippen molar-refractivity contribution < 1.29 is 4.79 Å². The number of hydrogen-bond donors (Lipinski definition) is 1. The van der Waals surface area contributed by atoms with Gasteiger partial charge in [-0.25, -0.2) is 0 Å². The maximum atomic E-state index is 12.2. The molecule has 5 atom stereocenters. The highest BCUT2D eigenvalue weighted by molar-refractivity contribution is 5.80. The maximum Gasteiger partial charge on any atom is 0.133 e. The first-order valence-electron chi connectivity index (χ1n) is 10.4. The summed E-state index contributed by atoms with van der Waals surface area (Å²) in [5.74, 6) is 1.01. The van der Waals surface area contributed by atoms with Crippen LogP contribution in [-0.4, -0.2) is 11.3 Å². The van der Waals surface area contributed by atoms with E-state index in [1.807, 2.05) is 0 Å². The Morgan fingerprint density at radius 2 is 1.92 bits per heavy atom. The molecule has 25 heavy (non-hydrogen) atoms. The Balaban J connectivity index is 1.82. The monoisotopic (exact) mass is 341 g/mol. The van der Waals surface area contributed by atoms with E-state index in [1.165, 1.54) is 18.4 Å². The van der Waals surface area contributed by atoms with E-state index in [1.54, 1.807) is 5.57 Å². The van der Waals surface area contributed by atoms with Gasteiger partial charge in [0.2, 0.25) is 0 Å². The predicted molar refractivity (Wildman–Crippen MR) is 103 cm³/mol. The zero-order valence-electron chi connectivity index (χ0n) is 16.6. The van der Waals surface area contributed by atoms with Gasteiger partial charge in [-0.2, -0.15) is 0 Å². The van der Waals surface area contributed by atoms with Crippen LogP contribution in [0.1, 0.15) is 85.5 Å². The Kier molecular flexibility index (Phi) is 3.72. The molecule has 4 aliphatic rings. The van der Waals surface area contributed by atoms with Crippen LogP contribution in [-0.2, 0) is 4.79 Å². The number of carbonyl (C=O) groups excluding carboxylic acids is 1. The Labute approximate surface area is 153 Å². The molecular formula is C23H35NO. The van der Waals surface area contributed by atoms with Gasteiger partial charge in [0.05, 0.1) is 0 Å². The summed E-state index contributed by atoms with van der Waals surface area (Å²) in [7, 11) is 0. The molecule has 0 amide bonds. The van der Waals surface area contributed by atoms with Crippen molar-refractivity contribution in [1.29, 1.82) is 0 Å². The van der Waals surface area contributed by atoms with Gasteiger partial charge in [-0.05, 0) is 72.7 Å². The molecule has 4 rings (SSSR count). The lowest BCUT2D eigenvalue weighted by Crippen LogP contribution is -2.66. The minimum atomic E-state index is -0.170. The van der Waals surface area contributed by atoms with E-state index in [2.05, 4.69) is 39.8 Å². The van der Waals surface area contributed by atoms with Gasteiger partial charge in [-0.1, -0.05) is 45.4 Å². The van der Waals surface area contributed by atoms with Gasteiger partial charge >= 0.3 is 0 Å². The first-order valence-corrected chi connectivity index (χ1v) is 10.4. The van der Waals surface area contributed by atoms with Gasteiger partial charge in [-0.15, -0.1) is 0 Å². The van der Waals surface area contributed by atoms with Crippen LogP contribution in [0.5, 0.6) is 0 Å². The number of Topliss-reactive ketones (excluding diaryl/α,β-unsaturated/α-hetero) is 1. The van der Waals surface area contributed by atoms with E-state index in [4.69, 9.17) is 5.73 Å². The normalized spacial score (nSPS) is 49.5. The minimum Gasteiger partial charge on any atom is -0.321 e. The molecule has 2 fully saturated rings. The lowest BCUT2D eigenvalue weighted by molar-refractivity contribution is -0.131. The molecule has 0 aromatic heterocycles. The number of carbonyl (C=O) groups is 1. The fourth-order valence-electron chi connectivity index (χ4n) is 7.30. The second-order valence-electron chi connectivity index (χ2n) is 10.1. The third kappa shape index (κ3) is 2.10. The number of fused-ring (bicyclic) bond motifs is 5. The van der Waals surface area contributed by atoms with E-state index in [-0.39, 0.29) is 21.8 Å². The first kappa shape index (κ1) is 17.5. The summed E-state index contributed by atoms with van der Waals surface area (Å²) in [5.41, 5.74) is 10.7. The topological polar surface area (TPSA) is 43.1 Å². The lowest BCUT2D eigenvalue weighted by atomic mass is 9.40. The summed E-state index contributed by atoms with van der Waals surface area (Å²) in [6.07, 6.45) is 14.3. The molecule has 2 saturated carbocycles. The number of ketones is 1. The molecule has 0 aromatic carbocycles. The van der Waals surface area contributed by atoms with Crippen molar-refractivity contribution in [2.24, 2.45) is 27.9 Å². The second kappa shape index (κ2) is 5.31. The third-order valence-corrected chi connectivity index (χ3v) is 9.09. The van der Waals surface area contributed by atoms with E-state index in [9.17, 15) is 4.79 Å². The van der Waals surface area contributed by atoms with Gasteiger partial charge in [0, 0.05) is 18.4 Å². The Morgan fingerprint density at radius 1 is 1.16 bits per heavy atom. The van der Waals surface area contributed by atoms with Crippen LogP contribution in [0.2, 0.25) is 0 Å². The van der Waals surface area contributed by atoms with Crippen molar-refractivity contribution in [3.63, 3.8) is 0 Å². The van der Waals surface area contributed by atoms with Crippen LogP contribution < -0.4 is 5.73 Å². The average molecular weight is 342 g/mol. The average Bonchev–Trinajstić information content (AvgIpc) is 2.56. The predicted octanol–water partition coefficient (Wildman–Crippen LogP) is 5.33. The standard InChI is InChI=1S/C23H35NO/c1-5-16-7-6-8-18-21(16,3)11-10-19-22(4)12-9-17(25)15-20(22,2)13-14-23(18,19)24/h7,10,18H,5-6,8-9,11-15,24H2,1-4H3. The summed E-state index contributed by atoms with van der Waals surface area (Å²) in [4.78, 5) is 12.2. The molecule has 138 valence electrons. The quantitative estimate of drug-likeness (QED) is 0.655. The Hall–Kier alpha value is -0.890. The van der Waals surface area contributed by atoms with E-state index < -0.39 is 0 Å². The second-order valence-corrected chi connectivity index (χ2v) is 10.1. The summed E-state index contributed by atoms with van der Waals surface area (Å²) in [6.45, 7) is 9.55. The highest BCUT2D eigenvalue weighted by atomic mass is 16.1. The van der Waals surface area contributed by atoms with Crippen LogP contribution in [0.4, 0.5) is 0 Å². The Bertz CT molecular complexity index is 676. The minimum absolute atomic E-state index is 0.1000. The molecule has 0 bridgehead atoms. The zero-order chi connectivity index (χ0) is 18.1. The molecule has 0 saturated heterocycles. The molecular weight excluding hydrogens is 306 g/mol. The van der Waals surface area contributed by atoms with E-state index in [0.29, 0.717) is 11.7 Å². The number of hydrogen-bond acceptors (Lipinski definition) is 2. The first-order chi connectivity index (χ1) is 11.7.